The van der Waals surface area contributed by atoms with Crippen LogP contribution in [-0.2, 0) is 14.8 Å². The van der Waals surface area contributed by atoms with Crippen LogP contribution in [0.2, 0.25) is 0 Å². The van der Waals surface area contributed by atoms with Crippen LogP contribution in [0.1, 0.15) is 24.5 Å². The molecule has 0 spiro atoms. The lowest BCUT2D eigenvalue weighted by molar-refractivity contribution is -0.0248. The SMILES string of the molecule is CCOC1CC(N)C1NS(=O)(=O)c1cc(C)cc(C)c1. The average Bonchev–Trinajstić information content (AvgIpc) is 2.35. The van der Waals surface area contributed by atoms with Crippen LogP contribution in [-0.4, -0.2) is 33.2 Å². The Bertz CT molecular complexity index is 564. The molecule has 0 aliphatic heterocycles. The van der Waals surface area contributed by atoms with Gasteiger partial charge in [-0.2, -0.15) is 0 Å². The van der Waals surface area contributed by atoms with Crippen molar-refractivity contribution < 1.29 is 13.2 Å². The normalized spacial score (nSPS) is 26.3. The Morgan fingerprint density at radius 2 is 1.90 bits per heavy atom. The van der Waals surface area contributed by atoms with E-state index in [2.05, 4.69) is 4.72 Å². The summed E-state index contributed by atoms with van der Waals surface area (Å²) in [4.78, 5) is 0.282. The molecule has 1 aliphatic rings. The highest BCUT2D eigenvalue weighted by molar-refractivity contribution is 7.89. The molecule has 0 amide bonds. The minimum absolute atomic E-state index is 0.129. The number of nitrogens with one attached hydrogen (secondary N) is 1. The quantitative estimate of drug-likeness (QED) is 0.852. The van der Waals surface area contributed by atoms with Crippen molar-refractivity contribution in [2.24, 2.45) is 5.73 Å². The van der Waals surface area contributed by atoms with E-state index in [-0.39, 0.29) is 23.1 Å². The van der Waals surface area contributed by atoms with Crippen molar-refractivity contribution in [3.8, 4) is 0 Å². The molecule has 2 rings (SSSR count). The van der Waals surface area contributed by atoms with E-state index in [0.717, 1.165) is 11.1 Å². The third kappa shape index (κ3) is 3.20. The molecule has 20 heavy (non-hydrogen) atoms. The van der Waals surface area contributed by atoms with Gasteiger partial charge in [0, 0.05) is 12.6 Å². The Labute approximate surface area is 120 Å². The molecule has 1 fully saturated rings. The van der Waals surface area contributed by atoms with Crippen molar-refractivity contribution in [1.29, 1.82) is 0 Å². The number of sulfonamides is 1. The Morgan fingerprint density at radius 3 is 2.40 bits per heavy atom. The smallest absolute Gasteiger partial charge is 0.240 e. The van der Waals surface area contributed by atoms with Gasteiger partial charge in [0.05, 0.1) is 17.0 Å². The summed E-state index contributed by atoms with van der Waals surface area (Å²) in [5, 5.41) is 0. The van der Waals surface area contributed by atoms with Crippen molar-refractivity contribution in [3.05, 3.63) is 29.3 Å². The van der Waals surface area contributed by atoms with E-state index in [9.17, 15) is 8.42 Å². The summed E-state index contributed by atoms with van der Waals surface area (Å²) in [6.07, 6.45) is 0.559. The van der Waals surface area contributed by atoms with Crippen LogP contribution in [0.3, 0.4) is 0 Å². The zero-order valence-electron chi connectivity index (χ0n) is 12.1. The molecule has 3 atom stereocenters. The molecule has 1 aliphatic carbocycles. The molecule has 3 N–H and O–H groups in total. The second-order valence-corrected chi connectivity index (χ2v) is 7.08. The molecule has 5 nitrogen and oxygen atoms in total. The van der Waals surface area contributed by atoms with Crippen molar-refractivity contribution in [2.45, 2.75) is 50.3 Å². The first-order valence-corrected chi connectivity index (χ1v) is 8.29. The largest absolute Gasteiger partial charge is 0.377 e. The van der Waals surface area contributed by atoms with Crippen molar-refractivity contribution in [1.82, 2.24) is 4.72 Å². The lowest BCUT2D eigenvalue weighted by atomic mass is 9.84. The summed E-state index contributed by atoms with van der Waals surface area (Å²) in [7, 11) is -3.56. The average molecular weight is 298 g/mol. The third-order valence-corrected chi connectivity index (χ3v) is 4.98. The zero-order chi connectivity index (χ0) is 14.9. The van der Waals surface area contributed by atoms with Crippen LogP contribution in [0.5, 0.6) is 0 Å². The van der Waals surface area contributed by atoms with Gasteiger partial charge in [-0.25, -0.2) is 13.1 Å². The molecule has 1 aromatic carbocycles. The van der Waals surface area contributed by atoms with E-state index in [1.54, 1.807) is 12.1 Å². The van der Waals surface area contributed by atoms with Crippen LogP contribution in [0, 0.1) is 13.8 Å². The van der Waals surface area contributed by atoms with E-state index < -0.39 is 10.0 Å². The fraction of sp³-hybridized carbons (Fsp3) is 0.571. The molecule has 3 unspecified atom stereocenters. The molecular weight excluding hydrogens is 276 g/mol. The van der Waals surface area contributed by atoms with Crippen LogP contribution < -0.4 is 10.5 Å². The summed E-state index contributed by atoms with van der Waals surface area (Å²) in [6, 6.07) is 4.73. The number of rotatable bonds is 5. The predicted octanol–water partition coefficient (Wildman–Crippen LogP) is 1.09. The first kappa shape index (κ1) is 15.4. The molecular formula is C14H22N2O3S. The van der Waals surface area contributed by atoms with Crippen molar-refractivity contribution >= 4 is 10.0 Å². The maximum Gasteiger partial charge on any atom is 0.240 e. The van der Waals surface area contributed by atoms with Gasteiger partial charge >= 0.3 is 0 Å². The van der Waals surface area contributed by atoms with Crippen LogP contribution in [0.25, 0.3) is 0 Å². The zero-order valence-corrected chi connectivity index (χ0v) is 12.9. The van der Waals surface area contributed by atoms with E-state index in [4.69, 9.17) is 10.5 Å². The topological polar surface area (TPSA) is 81.4 Å². The first-order chi connectivity index (χ1) is 9.33. The molecule has 0 saturated heterocycles. The van der Waals surface area contributed by atoms with Gasteiger partial charge in [-0.05, 0) is 50.5 Å². The summed E-state index contributed by atoms with van der Waals surface area (Å²) >= 11 is 0. The number of hydrogen-bond acceptors (Lipinski definition) is 4. The summed E-state index contributed by atoms with van der Waals surface area (Å²) in [6.45, 7) is 6.20. The monoisotopic (exact) mass is 298 g/mol. The van der Waals surface area contributed by atoms with Crippen molar-refractivity contribution in [3.63, 3.8) is 0 Å². The third-order valence-electron chi connectivity index (χ3n) is 3.54. The van der Waals surface area contributed by atoms with Gasteiger partial charge < -0.3 is 10.5 Å². The Morgan fingerprint density at radius 1 is 1.30 bits per heavy atom. The lowest BCUT2D eigenvalue weighted by Gasteiger charge is -2.42. The molecule has 1 aromatic rings. The first-order valence-electron chi connectivity index (χ1n) is 6.81. The number of ether oxygens (including phenoxy) is 1. The van der Waals surface area contributed by atoms with Gasteiger partial charge in [0.25, 0.3) is 0 Å². The van der Waals surface area contributed by atoms with Crippen LogP contribution >= 0.6 is 0 Å². The predicted molar refractivity (Wildman–Crippen MR) is 78.0 cm³/mol. The van der Waals surface area contributed by atoms with Gasteiger partial charge in [0.1, 0.15) is 0 Å². The van der Waals surface area contributed by atoms with Gasteiger partial charge in [-0.1, -0.05) is 6.07 Å². The molecule has 0 radical (unpaired) electrons. The van der Waals surface area contributed by atoms with Gasteiger partial charge in [0.15, 0.2) is 0 Å². The van der Waals surface area contributed by atoms with E-state index in [1.807, 2.05) is 26.8 Å². The number of hydrogen-bond donors (Lipinski definition) is 2. The highest BCUT2D eigenvalue weighted by atomic mass is 32.2. The van der Waals surface area contributed by atoms with E-state index in [1.165, 1.54) is 0 Å². The summed E-state index contributed by atoms with van der Waals surface area (Å²) < 4.78 is 33.0. The Hall–Kier alpha value is -0.950. The van der Waals surface area contributed by atoms with Gasteiger partial charge in [-0.15, -0.1) is 0 Å². The van der Waals surface area contributed by atoms with E-state index >= 15 is 0 Å². The van der Waals surface area contributed by atoms with Gasteiger partial charge in [-0.3, -0.25) is 0 Å². The van der Waals surface area contributed by atoms with E-state index in [0.29, 0.717) is 13.0 Å². The highest BCUT2D eigenvalue weighted by Crippen LogP contribution is 2.25. The minimum Gasteiger partial charge on any atom is -0.377 e. The number of aryl methyl sites for hydroxylation is 2. The van der Waals surface area contributed by atoms with Crippen LogP contribution in [0.4, 0.5) is 0 Å². The Kier molecular flexibility index (Phi) is 4.49. The van der Waals surface area contributed by atoms with Gasteiger partial charge in [0.2, 0.25) is 10.0 Å². The highest BCUT2D eigenvalue weighted by Gasteiger charge is 2.42. The number of benzene rings is 1. The fourth-order valence-corrected chi connectivity index (χ4v) is 4.03. The van der Waals surface area contributed by atoms with Crippen LogP contribution in [0.15, 0.2) is 23.1 Å². The van der Waals surface area contributed by atoms with Crippen molar-refractivity contribution in [2.75, 3.05) is 6.61 Å². The molecule has 0 bridgehead atoms. The maximum atomic E-state index is 12.4. The number of nitrogens with two attached hydrogens (primary N) is 1. The molecule has 6 heteroatoms. The maximum absolute atomic E-state index is 12.4. The molecule has 1 saturated carbocycles. The Balaban J connectivity index is 2.18. The lowest BCUT2D eigenvalue weighted by Crippen LogP contribution is -2.64. The fourth-order valence-electron chi connectivity index (χ4n) is 2.53. The second-order valence-electron chi connectivity index (χ2n) is 5.36. The molecule has 112 valence electrons. The standard InChI is InChI=1S/C14H22N2O3S/c1-4-19-13-8-12(15)14(13)16-20(17,18)11-6-9(2)5-10(3)7-11/h5-7,12-14,16H,4,8,15H2,1-3H3. The molecule has 0 aromatic heterocycles. The summed E-state index contributed by atoms with van der Waals surface area (Å²) in [5.74, 6) is 0. The molecule has 0 heterocycles. The minimum atomic E-state index is -3.56. The summed E-state index contributed by atoms with van der Waals surface area (Å²) in [5.41, 5.74) is 7.72. The second kappa shape index (κ2) is 5.81.